The second-order valence-corrected chi connectivity index (χ2v) is 4.76. The Morgan fingerprint density at radius 1 is 1.22 bits per heavy atom. The zero-order chi connectivity index (χ0) is 17.1. The fraction of sp³-hybridized carbons (Fsp3) is 0.389. The summed E-state index contributed by atoms with van der Waals surface area (Å²) < 4.78 is 9.96. The van der Waals surface area contributed by atoms with Crippen LogP contribution in [0.1, 0.15) is 20.3 Å². The Hall–Kier alpha value is -2.43. The Kier molecular flexibility index (Phi) is 8.36. The van der Waals surface area contributed by atoms with Crippen LogP contribution in [0.4, 0.5) is 0 Å². The number of dihydropyridines is 1. The van der Waals surface area contributed by atoms with E-state index in [0.29, 0.717) is 13.0 Å². The molecule has 0 amide bonds. The molecule has 1 heterocycles. The summed E-state index contributed by atoms with van der Waals surface area (Å²) in [6, 6.07) is 0. The van der Waals surface area contributed by atoms with Gasteiger partial charge in [-0.1, -0.05) is 43.0 Å². The highest BCUT2D eigenvalue weighted by Gasteiger charge is 2.28. The molecular formula is C18H23NO4. The molecule has 1 rings (SSSR count). The first kappa shape index (κ1) is 18.6. The lowest BCUT2D eigenvalue weighted by Gasteiger charge is -2.18. The normalized spacial score (nSPS) is 17.7. The molecule has 0 saturated heterocycles. The van der Waals surface area contributed by atoms with Crippen molar-refractivity contribution in [1.29, 1.82) is 0 Å². The lowest BCUT2D eigenvalue weighted by atomic mass is 9.96. The van der Waals surface area contributed by atoms with Gasteiger partial charge in [0.2, 0.25) is 0 Å². The van der Waals surface area contributed by atoms with Crippen molar-refractivity contribution in [2.75, 3.05) is 19.8 Å². The second kappa shape index (κ2) is 10.3. The van der Waals surface area contributed by atoms with Crippen LogP contribution < -0.4 is 0 Å². The number of rotatable bonds is 8. The maximum absolute atomic E-state index is 12.1. The van der Waals surface area contributed by atoms with E-state index in [1.165, 1.54) is 0 Å². The van der Waals surface area contributed by atoms with Crippen LogP contribution in [-0.4, -0.2) is 37.4 Å². The molecule has 1 aliphatic rings. The number of aliphatic imine (C=N–C) groups is 1. The first-order valence-electron chi connectivity index (χ1n) is 7.69. The SMILES string of the molecule is C=C/C=C\C=C\CC1C=C(C(=O)OCC)C(C(=O)OCC)=NC1. The summed E-state index contributed by atoms with van der Waals surface area (Å²) in [5, 5.41) is 0. The molecule has 0 aliphatic carbocycles. The van der Waals surface area contributed by atoms with Gasteiger partial charge in [-0.05, 0) is 20.3 Å². The van der Waals surface area contributed by atoms with Gasteiger partial charge < -0.3 is 9.47 Å². The largest absolute Gasteiger partial charge is 0.462 e. The van der Waals surface area contributed by atoms with Crippen LogP contribution in [0.2, 0.25) is 0 Å². The van der Waals surface area contributed by atoms with Gasteiger partial charge in [-0.2, -0.15) is 0 Å². The number of hydrogen-bond donors (Lipinski definition) is 0. The molecule has 1 unspecified atom stereocenters. The molecule has 0 radical (unpaired) electrons. The average Bonchev–Trinajstić information content (AvgIpc) is 2.55. The summed E-state index contributed by atoms with van der Waals surface area (Å²) in [6.45, 7) is 7.92. The molecule has 1 atom stereocenters. The van der Waals surface area contributed by atoms with E-state index in [1.807, 2.05) is 24.3 Å². The van der Waals surface area contributed by atoms with Crippen molar-refractivity contribution in [3.8, 4) is 0 Å². The van der Waals surface area contributed by atoms with E-state index in [9.17, 15) is 9.59 Å². The topological polar surface area (TPSA) is 65.0 Å². The number of nitrogens with zero attached hydrogens (tertiary/aromatic N) is 1. The number of carbonyl (C=O) groups is 2. The third-order valence-corrected chi connectivity index (χ3v) is 3.04. The van der Waals surface area contributed by atoms with E-state index < -0.39 is 11.9 Å². The third-order valence-electron chi connectivity index (χ3n) is 3.04. The minimum absolute atomic E-state index is 0.0426. The van der Waals surface area contributed by atoms with E-state index >= 15 is 0 Å². The predicted molar refractivity (Wildman–Crippen MR) is 90.2 cm³/mol. The zero-order valence-corrected chi connectivity index (χ0v) is 13.7. The van der Waals surface area contributed by atoms with Crippen molar-refractivity contribution in [1.82, 2.24) is 0 Å². The van der Waals surface area contributed by atoms with Crippen LogP contribution in [-0.2, 0) is 19.1 Å². The molecule has 0 saturated carbocycles. The van der Waals surface area contributed by atoms with Crippen LogP contribution in [0.25, 0.3) is 0 Å². The molecule has 23 heavy (non-hydrogen) atoms. The van der Waals surface area contributed by atoms with Gasteiger partial charge in [0.25, 0.3) is 0 Å². The van der Waals surface area contributed by atoms with E-state index in [2.05, 4.69) is 11.6 Å². The van der Waals surface area contributed by atoms with Crippen LogP contribution >= 0.6 is 0 Å². The summed E-state index contributed by atoms with van der Waals surface area (Å²) >= 11 is 0. The monoisotopic (exact) mass is 317 g/mol. The van der Waals surface area contributed by atoms with E-state index in [1.54, 1.807) is 26.0 Å². The summed E-state index contributed by atoms with van der Waals surface area (Å²) in [6.07, 6.45) is 11.7. The Labute approximate surface area is 137 Å². The fourth-order valence-corrected chi connectivity index (χ4v) is 2.03. The quantitative estimate of drug-likeness (QED) is 0.510. The van der Waals surface area contributed by atoms with Gasteiger partial charge in [0.15, 0.2) is 5.71 Å². The number of hydrogen-bond acceptors (Lipinski definition) is 5. The molecule has 124 valence electrons. The Morgan fingerprint density at radius 3 is 2.57 bits per heavy atom. The fourth-order valence-electron chi connectivity index (χ4n) is 2.03. The highest BCUT2D eigenvalue weighted by atomic mass is 16.5. The number of esters is 2. The minimum Gasteiger partial charge on any atom is -0.462 e. The molecule has 0 aromatic carbocycles. The molecule has 0 aromatic heterocycles. The Balaban J connectivity index is 2.86. The highest BCUT2D eigenvalue weighted by molar-refractivity contribution is 6.49. The summed E-state index contributed by atoms with van der Waals surface area (Å²) in [5.74, 6) is -1.09. The first-order valence-corrected chi connectivity index (χ1v) is 7.69. The lowest BCUT2D eigenvalue weighted by Crippen LogP contribution is -2.29. The van der Waals surface area contributed by atoms with Crippen molar-refractivity contribution < 1.29 is 19.1 Å². The molecular weight excluding hydrogens is 294 g/mol. The third kappa shape index (κ3) is 6.06. The second-order valence-electron chi connectivity index (χ2n) is 4.76. The maximum atomic E-state index is 12.1. The number of allylic oxidation sites excluding steroid dienone is 5. The van der Waals surface area contributed by atoms with Gasteiger partial charge in [-0.3, -0.25) is 4.99 Å². The van der Waals surface area contributed by atoms with Crippen molar-refractivity contribution >= 4 is 17.7 Å². The number of ether oxygens (including phenoxy) is 2. The smallest absolute Gasteiger partial charge is 0.357 e. The molecule has 0 bridgehead atoms. The van der Waals surface area contributed by atoms with E-state index in [4.69, 9.17) is 9.47 Å². The van der Waals surface area contributed by atoms with Crippen LogP contribution in [0.3, 0.4) is 0 Å². The Bertz CT molecular complexity index is 555. The predicted octanol–water partition coefficient (Wildman–Crippen LogP) is 2.80. The summed E-state index contributed by atoms with van der Waals surface area (Å²) in [4.78, 5) is 28.2. The summed E-state index contributed by atoms with van der Waals surface area (Å²) in [5.41, 5.74) is 0.244. The molecule has 0 N–H and O–H groups in total. The van der Waals surface area contributed by atoms with Crippen molar-refractivity contribution in [2.45, 2.75) is 20.3 Å². The van der Waals surface area contributed by atoms with Gasteiger partial charge >= 0.3 is 11.9 Å². The van der Waals surface area contributed by atoms with Gasteiger partial charge in [0.1, 0.15) is 0 Å². The molecule has 0 fully saturated rings. The highest BCUT2D eigenvalue weighted by Crippen LogP contribution is 2.19. The lowest BCUT2D eigenvalue weighted by molar-refractivity contribution is -0.139. The standard InChI is InChI=1S/C18H23NO4/c1-4-7-8-9-10-11-14-12-15(17(20)22-5-2)16(19-13-14)18(21)23-6-3/h4,7-10,12,14H,1,5-6,11,13H2,2-3H3/b8-7-,10-9+. The summed E-state index contributed by atoms with van der Waals surface area (Å²) in [7, 11) is 0. The maximum Gasteiger partial charge on any atom is 0.357 e. The van der Waals surface area contributed by atoms with Crippen molar-refractivity contribution in [3.05, 3.63) is 48.6 Å². The van der Waals surface area contributed by atoms with Gasteiger partial charge in [0, 0.05) is 12.5 Å². The first-order chi connectivity index (χ1) is 11.1. The van der Waals surface area contributed by atoms with Crippen LogP contribution in [0, 0.1) is 5.92 Å². The van der Waals surface area contributed by atoms with Gasteiger partial charge in [-0.15, -0.1) is 0 Å². The molecule has 5 nitrogen and oxygen atoms in total. The Morgan fingerprint density at radius 2 is 1.91 bits per heavy atom. The molecule has 0 spiro atoms. The van der Waals surface area contributed by atoms with Gasteiger partial charge in [0.05, 0.1) is 18.8 Å². The van der Waals surface area contributed by atoms with Crippen LogP contribution in [0.5, 0.6) is 0 Å². The zero-order valence-electron chi connectivity index (χ0n) is 13.7. The van der Waals surface area contributed by atoms with E-state index in [0.717, 1.165) is 0 Å². The van der Waals surface area contributed by atoms with E-state index in [-0.39, 0.29) is 30.4 Å². The molecule has 0 aromatic rings. The minimum atomic E-state index is -0.588. The number of carbonyl (C=O) groups excluding carboxylic acids is 2. The van der Waals surface area contributed by atoms with Crippen molar-refractivity contribution in [3.63, 3.8) is 0 Å². The van der Waals surface area contributed by atoms with Crippen LogP contribution in [0.15, 0.2) is 53.6 Å². The average molecular weight is 317 g/mol. The molecule has 5 heteroatoms. The van der Waals surface area contributed by atoms with Crippen molar-refractivity contribution in [2.24, 2.45) is 10.9 Å². The van der Waals surface area contributed by atoms with Gasteiger partial charge in [-0.25, -0.2) is 9.59 Å². The molecule has 1 aliphatic heterocycles.